The van der Waals surface area contributed by atoms with Crippen LogP contribution >= 0.6 is 0 Å². The van der Waals surface area contributed by atoms with Crippen LogP contribution in [0.4, 0.5) is 4.79 Å². The molecule has 6 heteroatoms. The molecule has 6 nitrogen and oxygen atoms in total. The Labute approximate surface area is 119 Å². The zero-order chi connectivity index (χ0) is 14.7. The number of ether oxygens (including phenoxy) is 1. The maximum absolute atomic E-state index is 12.2. The lowest BCUT2D eigenvalue weighted by Crippen LogP contribution is -2.57. The molecule has 0 radical (unpaired) electrons. The van der Waals surface area contributed by atoms with Crippen LogP contribution in [-0.2, 0) is 9.53 Å². The zero-order valence-electron chi connectivity index (χ0n) is 12.2. The van der Waals surface area contributed by atoms with E-state index in [1.165, 1.54) is 0 Å². The smallest absolute Gasteiger partial charge is 0.319 e. The van der Waals surface area contributed by atoms with Gasteiger partial charge in [0, 0.05) is 39.2 Å². The fourth-order valence-corrected chi connectivity index (χ4v) is 2.76. The van der Waals surface area contributed by atoms with E-state index in [0.717, 1.165) is 25.9 Å². The number of rotatable bonds is 4. The minimum Gasteiger partial charge on any atom is -0.481 e. The van der Waals surface area contributed by atoms with Gasteiger partial charge in [0.15, 0.2) is 0 Å². The number of hydrogen-bond donors (Lipinski definition) is 1. The maximum Gasteiger partial charge on any atom is 0.319 e. The Bertz CT molecular complexity index is 362. The topological polar surface area (TPSA) is 70.1 Å². The minimum absolute atomic E-state index is 0.0204. The number of carbonyl (C=O) groups excluding carboxylic acids is 1. The molecular formula is C14H24N2O4. The molecule has 0 bridgehead atoms. The Kier molecular flexibility index (Phi) is 4.86. The number of nitrogens with zero attached hydrogens (tertiary/aromatic N) is 2. The molecule has 2 heterocycles. The molecule has 2 saturated heterocycles. The van der Waals surface area contributed by atoms with Crippen LogP contribution in [0.25, 0.3) is 0 Å². The monoisotopic (exact) mass is 284 g/mol. The summed E-state index contributed by atoms with van der Waals surface area (Å²) in [6, 6.07) is -0.0204. The Morgan fingerprint density at radius 2 is 2.10 bits per heavy atom. The Hall–Kier alpha value is -1.30. The van der Waals surface area contributed by atoms with E-state index in [2.05, 4.69) is 0 Å². The fraction of sp³-hybridized carbons (Fsp3) is 0.857. The van der Waals surface area contributed by atoms with Gasteiger partial charge in [-0.1, -0.05) is 6.92 Å². The quantitative estimate of drug-likeness (QED) is 0.843. The van der Waals surface area contributed by atoms with E-state index in [1.54, 1.807) is 23.8 Å². The van der Waals surface area contributed by atoms with Crippen LogP contribution in [0.2, 0.25) is 0 Å². The van der Waals surface area contributed by atoms with Gasteiger partial charge in [0.05, 0.1) is 12.0 Å². The molecule has 1 N–H and O–H groups in total. The molecule has 0 aromatic heterocycles. The van der Waals surface area contributed by atoms with Crippen molar-refractivity contribution < 1.29 is 19.4 Å². The molecular weight excluding hydrogens is 260 g/mol. The summed E-state index contributed by atoms with van der Waals surface area (Å²) in [4.78, 5) is 26.5. The first-order valence-electron chi connectivity index (χ1n) is 7.33. The van der Waals surface area contributed by atoms with Gasteiger partial charge in [0.1, 0.15) is 0 Å². The number of carboxylic acid groups (broad SMARTS) is 1. The van der Waals surface area contributed by atoms with Gasteiger partial charge < -0.3 is 19.6 Å². The van der Waals surface area contributed by atoms with Gasteiger partial charge in [-0.25, -0.2) is 4.79 Å². The van der Waals surface area contributed by atoms with E-state index >= 15 is 0 Å². The standard InChI is InChI=1S/C14H24N2O4/c1-10(13(17)18)11-7-16(8-11)14(19)15(2)9-12-5-3-4-6-20-12/h10-12H,3-9H2,1-2H3,(H,17,18). The van der Waals surface area contributed by atoms with Crippen LogP contribution in [0.5, 0.6) is 0 Å². The molecule has 0 aliphatic carbocycles. The first-order valence-corrected chi connectivity index (χ1v) is 7.33. The number of likely N-dealkylation sites (N-methyl/N-ethyl adjacent to an activating group) is 1. The summed E-state index contributed by atoms with van der Waals surface area (Å²) in [5, 5.41) is 8.94. The fourth-order valence-electron chi connectivity index (χ4n) is 2.76. The van der Waals surface area contributed by atoms with Crippen molar-refractivity contribution in [3.63, 3.8) is 0 Å². The molecule has 2 aliphatic rings. The molecule has 2 atom stereocenters. The molecule has 2 rings (SSSR count). The van der Waals surface area contributed by atoms with Crippen LogP contribution < -0.4 is 0 Å². The van der Waals surface area contributed by atoms with Crippen molar-refractivity contribution in [1.82, 2.24) is 9.80 Å². The van der Waals surface area contributed by atoms with E-state index < -0.39 is 5.97 Å². The molecule has 0 spiro atoms. The normalized spacial score (nSPS) is 24.9. The van der Waals surface area contributed by atoms with Crippen molar-refractivity contribution >= 4 is 12.0 Å². The Morgan fingerprint density at radius 1 is 1.40 bits per heavy atom. The average molecular weight is 284 g/mol. The number of amides is 2. The van der Waals surface area contributed by atoms with Gasteiger partial charge in [-0.05, 0) is 19.3 Å². The minimum atomic E-state index is -0.786. The third-order valence-corrected chi connectivity index (χ3v) is 4.35. The van der Waals surface area contributed by atoms with Crippen molar-refractivity contribution in [2.75, 3.05) is 33.3 Å². The second kappa shape index (κ2) is 6.43. The number of urea groups is 1. The summed E-state index contributed by atoms with van der Waals surface area (Å²) in [6.45, 7) is 4.20. The number of hydrogen-bond acceptors (Lipinski definition) is 3. The average Bonchev–Trinajstić information content (AvgIpc) is 2.37. The van der Waals surface area contributed by atoms with Gasteiger partial charge >= 0.3 is 12.0 Å². The molecule has 2 unspecified atom stereocenters. The summed E-state index contributed by atoms with van der Waals surface area (Å²) in [7, 11) is 1.79. The summed E-state index contributed by atoms with van der Waals surface area (Å²) in [5.74, 6) is -1.09. The third kappa shape index (κ3) is 3.42. The van der Waals surface area contributed by atoms with Crippen LogP contribution in [0.3, 0.4) is 0 Å². The van der Waals surface area contributed by atoms with Crippen molar-refractivity contribution in [2.45, 2.75) is 32.3 Å². The van der Waals surface area contributed by atoms with E-state index in [9.17, 15) is 9.59 Å². The number of likely N-dealkylation sites (tertiary alicyclic amines) is 1. The number of carboxylic acids is 1. The summed E-state index contributed by atoms with van der Waals surface area (Å²) in [5.41, 5.74) is 0. The molecule has 2 aliphatic heterocycles. The van der Waals surface area contributed by atoms with Gasteiger partial charge in [-0.2, -0.15) is 0 Å². The molecule has 0 saturated carbocycles. The first kappa shape index (κ1) is 15.1. The highest BCUT2D eigenvalue weighted by Crippen LogP contribution is 2.25. The van der Waals surface area contributed by atoms with Gasteiger partial charge in [0.2, 0.25) is 0 Å². The van der Waals surface area contributed by atoms with E-state index in [4.69, 9.17) is 9.84 Å². The number of carbonyl (C=O) groups is 2. The van der Waals surface area contributed by atoms with Crippen molar-refractivity contribution in [1.29, 1.82) is 0 Å². The zero-order valence-corrected chi connectivity index (χ0v) is 12.2. The first-order chi connectivity index (χ1) is 9.49. The maximum atomic E-state index is 12.2. The highest BCUT2D eigenvalue weighted by atomic mass is 16.5. The molecule has 20 heavy (non-hydrogen) atoms. The highest BCUT2D eigenvalue weighted by molar-refractivity contribution is 5.76. The Morgan fingerprint density at radius 3 is 2.65 bits per heavy atom. The van der Waals surface area contributed by atoms with E-state index in [1.807, 2.05) is 0 Å². The van der Waals surface area contributed by atoms with E-state index in [-0.39, 0.29) is 24.0 Å². The van der Waals surface area contributed by atoms with Crippen molar-refractivity contribution in [3.8, 4) is 0 Å². The lowest BCUT2D eigenvalue weighted by Gasteiger charge is -2.43. The van der Waals surface area contributed by atoms with Crippen LogP contribution in [0.15, 0.2) is 0 Å². The summed E-state index contributed by atoms with van der Waals surface area (Å²) >= 11 is 0. The van der Waals surface area contributed by atoms with Crippen LogP contribution in [-0.4, -0.2) is 66.3 Å². The molecule has 2 fully saturated rings. The Balaban J connectivity index is 1.73. The third-order valence-electron chi connectivity index (χ3n) is 4.35. The SMILES string of the molecule is CC(C(=O)O)C1CN(C(=O)N(C)CC2CCCCO2)C1. The number of aliphatic carboxylic acids is 1. The van der Waals surface area contributed by atoms with Gasteiger partial charge in [-0.3, -0.25) is 4.79 Å². The second-order valence-corrected chi connectivity index (χ2v) is 5.94. The predicted octanol–water partition coefficient (Wildman–Crippen LogP) is 1.26. The van der Waals surface area contributed by atoms with Crippen molar-refractivity contribution in [2.24, 2.45) is 11.8 Å². The van der Waals surface area contributed by atoms with Crippen LogP contribution in [0, 0.1) is 11.8 Å². The predicted molar refractivity (Wildman–Crippen MR) is 73.5 cm³/mol. The highest BCUT2D eigenvalue weighted by Gasteiger charge is 2.38. The largest absolute Gasteiger partial charge is 0.481 e. The van der Waals surface area contributed by atoms with Crippen LogP contribution in [0.1, 0.15) is 26.2 Å². The lowest BCUT2D eigenvalue weighted by molar-refractivity contribution is -0.144. The molecule has 114 valence electrons. The van der Waals surface area contributed by atoms with Gasteiger partial charge in [0.25, 0.3) is 0 Å². The summed E-state index contributed by atoms with van der Waals surface area (Å²) < 4.78 is 5.63. The van der Waals surface area contributed by atoms with E-state index in [0.29, 0.717) is 19.6 Å². The second-order valence-electron chi connectivity index (χ2n) is 5.94. The lowest BCUT2D eigenvalue weighted by atomic mass is 9.87. The van der Waals surface area contributed by atoms with Crippen molar-refractivity contribution in [3.05, 3.63) is 0 Å². The summed E-state index contributed by atoms with van der Waals surface area (Å²) in [6.07, 6.45) is 3.42. The molecule has 0 aromatic carbocycles. The van der Waals surface area contributed by atoms with Gasteiger partial charge in [-0.15, -0.1) is 0 Å². The molecule has 2 amide bonds. The molecule has 0 aromatic rings.